The van der Waals surface area contributed by atoms with Crippen LogP contribution >= 0.6 is 11.8 Å². The minimum atomic E-state index is -0.812. The van der Waals surface area contributed by atoms with Crippen molar-refractivity contribution in [3.05, 3.63) is 125 Å². The predicted molar refractivity (Wildman–Crippen MR) is 169 cm³/mol. The number of ether oxygens (including phenoxy) is 3. The van der Waals surface area contributed by atoms with Crippen molar-refractivity contribution in [2.24, 2.45) is 0 Å². The van der Waals surface area contributed by atoms with E-state index in [0.29, 0.717) is 23.8 Å². The highest BCUT2D eigenvalue weighted by Gasteiger charge is 2.32. The molecule has 45 heavy (non-hydrogen) atoms. The standard InChI is InChI=1S/C34H36N4O6S/c1-42-31(40)29(18-23-6-3-2-4-7-23)38-33(41)37-20-24-8-14-27(15-9-24)32-43-28(22-45-34-35-16-5-17-36-34)19-30(44-32)26-12-10-25(21-39)11-13-26/h2-17,28-30,32,39H,18-22H2,1H3,(H2,37,38,41)/t28-,29+,30+,32+/m1/s1. The number of thioether (sulfide) groups is 1. The maximum atomic E-state index is 12.7. The molecule has 1 fully saturated rings. The number of nitrogens with zero attached hydrogens (tertiary/aromatic N) is 2. The lowest BCUT2D eigenvalue weighted by Crippen LogP contribution is -2.47. The lowest BCUT2D eigenvalue weighted by atomic mass is 10.0. The molecule has 0 aliphatic carbocycles. The maximum absolute atomic E-state index is 12.7. The van der Waals surface area contributed by atoms with E-state index in [1.165, 1.54) is 18.9 Å². The molecular weight excluding hydrogens is 592 g/mol. The molecule has 0 radical (unpaired) electrons. The van der Waals surface area contributed by atoms with Gasteiger partial charge in [0.25, 0.3) is 0 Å². The van der Waals surface area contributed by atoms with E-state index in [4.69, 9.17) is 14.2 Å². The monoisotopic (exact) mass is 628 g/mol. The second-order valence-electron chi connectivity index (χ2n) is 10.5. The molecule has 1 aromatic heterocycles. The molecule has 2 heterocycles. The van der Waals surface area contributed by atoms with E-state index in [1.807, 2.05) is 78.9 Å². The third-order valence-corrected chi connectivity index (χ3v) is 8.34. The summed E-state index contributed by atoms with van der Waals surface area (Å²) in [4.78, 5) is 33.6. The Balaban J connectivity index is 1.21. The fourth-order valence-electron chi connectivity index (χ4n) is 4.92. The van der Waals surface area contributed by atoms with Gasteiger partial charge in [0, 0.05) is 43.1 Å². The Morgan fingerprint density at radius 3 is 2.29 bits per heavy atom. The number of benzene rings is 3. The number of amides is 2. The van der Waals surface area contributed by atoms with Crippen LogP contribution in [0, 0.1) is 0 Å². The molecule has 1 saturated heterocycles. The number of esters is 1. The number of aliphatic hydroxyl groups is 1. The van der Waals surface area contributed by atoms with Crippen LogP contribution in [-0.2, 0) is 38.6 Å². The summed E-state index contributed by atoms with van der Waals surface area (Å²) in [7, 11) is 1.30. The Morgan fingerprint density at radius 1 is 0.911 bits per heavy atom. The van der Waals surface area contributed by atoms with Gasteiger partial charge in [-0.25, -0.2) is 19.6 Å². The number of carbonyl (C=O) groups is 2. The average Bonchev–Trinajstić information content (AvgIpc) is 3.10. The number of nitrogens with one attached hydrogen (secondary N) is 2. The first-order chi connectivity index (χ1) is 22.0. The molecule has 0 saturated carbocycles. The molecule has 1 aliphatic rings. The molecule has 4 atom stereocenters. The van der Waals surface area contributed by atoms with Gasteiger partial charge >= 0.3 is 12.0 Å². The quantitative estimate of drug-likeness (QED) is 0.114. The van der Waals surface area contributed by atoms with Crippen molar-refractivity contribution in [3.8, 4) is 0 Å². The van der Waals surface area contributed by atoms with Crippen LogP contribution in [0.25, 0.3) is 0 Å². The normalized spacial score (nSPS) is 18.5. The second-order valence-corrected chi connectivity index (χ2v) is 11.5. The Labute approximate surface area is 266 Å². The third kappa shape index (κ3) is 9.35. The van der Waals surface area contributed by atoms with E-state index in [1.54, 1.807) is 18.5 Å². The molecule has 3 aromatic carbocycles. The number of aromatic nitrogens is 2. The molecular formula is C34H36N4O6S. The summed E-state index contributed by atoms with van der Waals surface area (Å²) in [6, 6.07) is 25.4. The molecule has 11 heteroatoms. The number of rotatable bonds is 12. The van der Waals surface area contributed by atoms with E-state index < -0.39 is 24.3 Å². The number of urea groups is 1. The Hall–Kier alpha value is -4.29. The molecule has 234 valence electrons. The van der Waals surface area contributed by atoms with Crippen molar-refractivity contribution in [1.82, 2.24) is 20.6 Å². The smallest absolute Gasteiger partial charge is 0.328 e. The van der Waals surface area contributed by atoms with Crippen LogP contribution in [0.2, 0.25) is 0 Å². The van der Waals surface area contributed by atoms with Crippen molar-refractivity contribution in [2.75, 3.05) is 12.9 Å². The first kappa shape index (κ1) is 32.1. The SMILES string of the molecule is COC(=O)[C@H](Cc1ccccc1)NC(=O)NCc1ccc([C@H]2O[C@@H](CSc3ncccn3)C[C@@H](c3ccc(CO)cc3)O2)cc1. The van der Waals surface area contributed by atoms with Crippen molar-refractivity contribution in [2.45, 2.75) is 55.7 Å². The number of aliphatic hydroxyl groups excluding tert-OH is 1. The summed E-state index contributed by atoms with van der Waals surface area (Å²) >= 11 is 1.54. The number of methoxy groups -OCH3 is 1. The topological polar surface area (TPSA) is 132 Å². The van der Waals surface area contributed by atoms with Gasteiger partial charge in [-0.15, -0.1) is 0 Å². The first-order valence-corrected chi connectivity index (χ1v) is 15.6. The Kier molecular flexibility index (Phi) is 11.5. The fraction of sp³-hybridized carbons (Fsp3) is 0.294. The molecule has 0 unspecified atom stereocenters. The first-order valence-electron chi connectivity index (χ1n) is 14.7. The van der Waals surface area contributed by atoms with Crippen LogP contribution in [0.4, 0.5) is 4.79 Å². The zero-order chi connectivity index (χ0) is 31.4. The molecule has 4 aromatic rings. The third-order valence-electron chi connectivity index (χ3n) is 7.33. The van der Waals surface area contributed by atoms with E-state index in [2.05, 4.69) is 20.6 Å². The highest BCUT2D eigenvalue weighted by molar-refractivity contribution is 7.99. The summed E-state index contributed by atoms with van der Waals surface area (Å²) in [5.41, 5.74) is 4.47. The summed E-state index contributed by atoms with van der Waals surface area (Å²) < 4.78 is 17.7. The highest BCUT2D eigenvalue weighted by Crippen LogP contribution is 2.39. The molecule has 1 aliphatic heterocycles. The lowest BCUT2D eigenvalue weighted by molar-refractivity contribution is -0.245. The summed E-state index contributed by atoms with van der Waals surface area (Å²) in [6.45, 7) is 0.240. The number of carbonyl (C=O) groups excluding carboxylic acids is 2. The van der Waals surface area contributed by atoms with Gasteiger partial charge < -0.3 is 30.0 Å². The van der Waals surface area contributed by atoms with Gasteiger partial charge in [0.2, 0.25) is 0 Å². The summed E-state index contributed by atoms with van der Waals surface area (Å²) in [5.74, 6) is 0.143. The Bertz CT molecular complexity index is 1510. The largest absolute Gasteiger partial charge is 0.467 e. The summed E-state index contributed by atoms with van der Waals surface area (Å²) in [5, 5.41) is 15.7. The van der Waals surface area contributed by atoms with E-state index >= 15 is 0 Å². The van der Waals surface area contributed by atoms with Gasteiger partial charge in [-0.3, -0.25) is 0 Å². The zero-order valence-corrected chi connectivity index (χ0v) is 25.7. The maximum Gasteiger partial charge on any atom is 0.328 e. The highest BCUT2D eigenvalue weighted by atomic mass is 32.2. The zero-order valence-electron chi connectivity index (χ0n) is 24.9. The molecule has 0 spiro atoms. The molecule has 0 bridgehead atoms. The van der Waals surface area contributed by atoms with E-state index in [-0.39, 0.29) is 25.4 Å². The molecule has 3 N–H and O–H groups in total. The van der Waals surface area contributed by atoms with Crippen LogP contribution in [0.5, 0.6) is 0 Å². The molecule has 10 nitrogen and oxygen atoms in total. The fourth-order valence-corrected chi connectivity index (χ4v) is 5.74. The van der Waals surface area contributed by atoms with Crippen molar-refractivity contribution >= 4 is 23.8 Å². The minimum Gasteiger partial charge on any atom is -0.467 e. The van der Waals surface area contributed by atoms with Gasteiger partial charge in [-0.1, -0.05) is 90.6 Å². The number of hydrogen-bond donors (Lipinski definition) is 3. The summed E-state index contributed by atoms with van der Waals surface area (Å²) in [6.07, 6.45) is 3.48. The van der Waals surface area contributed by atoms with Gasteiger partial charge in [-0.05, 0) is 28.3 Å². The van der Waals surface area contributed by atoms with Gasteiger partial charge in [0.05, 0.1) is 25.9 Å². The predicted octanol–water partition coefficient (Wildman–Crippen LogP) is 4.89. The van der Waals surface area contributed by atoms with Crippen molar-refractivity contribution in [3.63, 3.8) is 0 Å². The van der Waals surface area contributed by atoms with E-state index in [0.717, 1.165) is 27.8 Å². The van der Waals surface area contributed by atoms with Crippen LogP contribution in [0.3, 0.4) is 0 Å². The van der Waals surface area contributed by atoms with E-state index in [9.17, 15) is 14.7 Å². The van der Waals surface area contributed by atoms with Crippen LogP contribution < -0.4 is 10.6 Å². The van der Waals surface area contributed by atoms with Crippen LogP contribution in [0.15, 0.2) is 102 Å². The minimum absolute atomic E-state index is 0.0176. The van der Waals surface area contributed by atoms with Crippen molar-refractivity contribution < 1.29 is 28.9 Å². The van der Waals surface area contributed by atoms with Crippen LogP contribution in [-0.4, -0.2) is 52.1 Å². The lowest BCUT2D eigenvalue weighted by Gasteiger charge is -2.36. The van der Waals surface area contributed by atoms with Gasteiger partial charge in [0.1, 0.15) is 6.04 Å². The second kappa shape index (κ2) is 16.1. The Morgan fingerprint density at radius 2 is 1.60 bits per heavy atom. The molecule has 5 rings (SSSR count). The van der Waals surface area contributed by atoms with Gasteiger partial charge in [0.15, 0.2) is 11.4 Å². The number of hydrogen-bond acceptors (Lipinski definition) is 9. The van der Waals surface area contributed by atoms with Crippen molar-refractivity contribution in [1.29, 1.82) is 0 Å². The van der Waals surface area contributed by atoms with Crippen LogP contribution in [0.1, 0.15) is 46.6 Å². The molecule has 2 amide bonds. The average molecular weight is 629 g/mol. The van der Waals surface area contributed by atoms with Gasteiger partial charge in [-0.2, -0.15) is 0 Å².